The van der Waals surface area contributed by atoms with Crippen molar-refractivity contribution < 1.29 is 0 Å². The van der Waals surface area contributed by atoms with Crippen LogP contribution in [0.5, 0.6) is 0 Å². The molecule has 5 heteroatoms. The fraction of sp³-hybridized carbons (Fsp3) is 0.400. The van der Waals surface area contributed by atoms with Crippen molar-refractivity contribution in [2.75, 3.05) is 6.54 Å². The Morgan fingerprint density at radius 2 is 2.15 bits per heavy atom. The summed E-state index contributed by atoms with van der Waals surface area (Å²) >= 11 is 11.3. The zero-order chi connectivity index (χ0) is 14.7. The summed E-state index contributed by atoms with van der Waals surface area (Å²) in [7, 11) is 0. The molecule has 0 saturated heterocycles. The topological polar surface area (TPSA) is 24.9 Å². The SMILES string of the molecule is CCNC(c1ccc(Br)c(Cl)c1)c1nc(C(C)C)cs1. The van der Waals surface area contributed by atoms with Crippen molar-refractivity contribution in [1.82, 2.24) is 10.3 Å². The van der Waals surface area contributed by atoms with Crippen molar-refractivity contribution in [3.63, 3.8) is 0 Å². The number of thiazole rings is 1. The van der Waals surface area contributed by atoms with Crippen molar-refractivity contribution in [1.29, 1.82) is 0 Å². The van der Waals surface area contributed by atoms with Gasteiger partial charge in [0.15, 0.2) is 0 Å². The molecule has 1 heterocycles. The molecule has 0 saturated carbocycles. The normalized spacial score (nSPS) is 12.9. The molecule has 108 valence electrons. The van der Waals surface area contributed by atoms with Gasteiger partial charge in [0.1, 0.15) is 5.01 Å². The van der Waals surface area contributed by atoms with E-state index in [0.717, 1.165) is 32.3 Å². The Hall–Kier alpha value is -0.420. The number of hydrogen-bond donors (Lipinski definition) is 1. The lowest BCUT2D eigenvalue weighted by atomic mass is 10.1. The Labute approximate surface area is 137 Å². The summed E-state index contributed by atoms with van der Waals surface area (Å²) < 4.78 is 0.917. The fourth-order valence-electron chi connectivity index (χ4n) is 1.94. The average molecular weight is 374 g/mol. The van der Waals surface area contributed by atoms with E-state index in [1.165, 1.54) is 0 Å². The van der Waals surface area contributed by atoms with Crippen LogP contribution in [0.4, 0.5) is 0 Å². The largest absolute Gasteiger partial charge is 0.305 e. The van der Waals surface area contributed by atoms with E-state index >= 15 is 0 Å². The minimum atomic E-state index is 0.100. The van der Waals surface area contributed by atoms with E-state index in [4.69, 9.17) is 16.6 Å². The average Bonchev–Trinajstić information content (AvgIpc) is 2.89. The van der Waals surface area contributed by atoms with Crippen molar-refractivity contribution in [2.45, 2.75) is 32.7 Å². The van der Waals surface area contributed by atoms with Crippen molar-refractivity contribution in [3.05, 3.63) is 49.3 Å². The van der Waals surface area contributed by atoms with Gasteiger partial charge in [0.25, 0.3) is 0 Å². The molecule has 0 aliphatic heterocycles. The molecule has 2 aromatic rings. The van der Waals surface area contributed by atoms with Crippen LogP contribution in [0.3, 0.4) is 0 Å². The Balaban J connectivity index is 2.36. The molecule has 2 rings (SSSR count). The number of benzene rings is 1. The van der Waals surface area contributed by atoms with Crippen LogP contribution in [-0.2, 0) is 0 Å². The molecule has 2 nitrogen and oxygen atoms in total. The third-order valence-corrected chi connectivity index (χ3v) is 5.22. The first-order chi connectivity index (χ1) is 9.52. The van der Waals surface area contributed by atoms with E-state index in [1.54, 1.807) is 11.3 Å². The number of rotatable bonds is 5. The third kappa shape index (κ3) is 3.61. The number of aromatic nitrogens is 1. The van der Waals surface area contributed by atoms with Crippen LogP contribution in [0, 0.1) is 0 Å². The molecule has 0 fully saturated rings. The van der Waals surface area contributed by atoms with Gasteiger partial charge in [-0.25, -0.2) is 4.98 Å². The highest BCUT2D eigenvalue weighted by molar-refractivity contribution is 9.10. The highest BCUT2D eigenvalue weighted by atomic mass is 79.9. The molecule has 0 aliphatic rings. The molecule has 0 radical (unpaired) electrons. The maximum atomic E-state index is 6.21. The second-order valence-electron chi connectivity index (χ2n) is 4.93. The van der Waals surface area contributed by atoms with Gasteiger partial charge in [-0.15, -0.1) is 11.3 Å². The zero-order valence-corrected chi connectivity index (χ0v) is 14.9. The minimum Gasteiger partial charge on any atom is -0.305 e. The Morgan fingerprint density at radius 1 is 1.40 bits per heavy atom. The number of nitrogens with zero attached hydrogens (tertiary/aromatic N) is 1. The summed E-state index contributed by atoms with van der Waals surface area (Å²) in [6, 6.07) is 6.16. The lowest BCUT2D eigenvalue weighted by Crippen LogP contribution is -2.22. The summed E-state index contributed by atoms with van der Waals surface area (Å²) in [5, 5.41) is 7.45. The van der Waals surface area contributed by atoms with Gasteiger partial charge in [-0.05, 0) is 46.1 Å². The highest BCUT2D eigenvalue weighted by Crippen LogP contribution is 2.31. The van der Waals surface area contributed by atoms with Gasteiger partial charge < -0.3 is 5.32 Å². The summed E-state index contributed by atoms with van der Waals surface area (Å²) in [4.78, 5) is 4.76. The first-order valence-electron chi connectivity index (χ1n) is 6.66. The molecule has 1 aromatic heterocycles. The van der Waals surface area contributed by atoms with Crippen LogP contribution < -0.4 is 5.32 Å². The molecule has 1 atom stereocenters. The van der Waals surface area contributed by atoms with Crippen LogP contribution in [0.1, 0.15) is 49.0 Å². The fourth-order valence-corrected chi connectivity index (χ4v) is 3.46. The van der Waals surface area contributed by atoms with E-state index in [0.29, 0.717) is 5.92 Å². The maximum absolute atomic E-state index is 6.21. The standard InChI is InChI=1S/C15H18BrClN2S/c1-4-18-14(10-5-6-11(16)12(17)7-10)15-19-13(8-20-15)9(2)3/h5-9,14,18H,4H2,1-3H3. The van der Waals surface area contributed by atoms with Gasteiger partial charge in [-0.3, -0.25) is 0 Å². The van der Waals surface area contributed by atoms with Gasteiger partial charge >= 0.3 is 0 Å². The smallest absolute Gasteiger partial charge is 0.114 e. The molecule has 1 aromatic carbocycles. The Kier molecular flexibility index (Phi) is 5.61. The van der Waals surface area contributed by atoms with E-state index in [9.17, 15) is 0 Å². The summed E-state index contributed by atoms with van der Waals surface area (Å²) in [5.74, 6) is 0.454. The molecule has 1 N–H and O–H groups in total. The molecule has 20 heavy (non-hydrogen) atoms. The lowest BCUT2D eigenvalue weighted by Gasteiger charge is -2.16. The van der Waals surface area contributed by atoms with Gasteiger partial charge in [0.2, 0.25) is 0 Å². The van der Waals surface area contributed by atoms with Crippen LogP contribution in [0.15, 0.2) is 28.1 Å². The number of nitrogens with one attached hydrogen (secondary N) is 1. The quantitative estimate of drug-likeness (QED) is 0.761. The second kappa shape index (κ2) is 7.03. The van der Waals surface area contributed by atoms with Gasteiger partial charge in [0.05, 0.1) is 16.8 Å². The van der Waals surface area contributed by atoms with Crippen LogP contribution in [0.2, 0.25) is 5.02 Å². The van der Waals surface area contributed by atoms with Gasteiger partial charge in [-0.2, -0.15) is 0 Å². The Morgan fingerprint density at radius 3 is 2.70 bits per heavy atom. The molecule has 0 aliphatic carbocycles. The first kappa shape index (κ1) is 16.0. The summed E-state index contributed by atoms with van der Waals surface area (Å²) in [5.41, 5.74) is 2.29. The monoisotopic (exact) mass is 372 g/mol. The van der Waals surface area contributed by atoms with E-state index in [1.807, 2.05) is 12.1 Å². The zero-order valence-electron chi connectivity index (χ0n) is 11.8. The minimum absolute atomic E-state index is 0.100. The first-order valence-corrected chi connectivity index (χ1v) is 8.71. The van der Waals surface area contributed by atoms with Crippen LogP contribution in [0.25, 0.3) is 0 Å². The number of halogens is 2. The third-order valence-electron chi connectivity index (χ3n) is 3.06. The predicted octanol–water partition coefficient (Wildman–Crippen LogP) is 5.38. The number of hydrogen-bond acceptors (Lipinski definition) is 3. The van der Waals surface area contributed by atoms with Gasteiger partial charge in [0, 0.05) is 9.85 Å². The lowest BCUT2D eigenvalue weighted by molar-refractivity contribution is 0.623. The van der Waals surface area contributed by atoms with Crippen LogP contribution >= 0.6 is 38.9 Å². The van der Waals surface area contributed by atoms with Crippen molar-refractivity contribution in [3.8, 4) is 0 Å². The van der Waals surface area contributed by atoms with Crippen LogP contribution in [-0.4, -0.2) is 11.5 Å². The molecule has 1 unspecified atom stereocenters. The molecule has 0 bridgehead atoms. The van der Waals surface area contributed by atoms with Crippen molar-refractivity contribution >= 4 is 38.9 Å². The highest BCUT2D eigenvalue weighted by Gasteiger charge is 2.18. The molecule has 0 spiro atoms. The van der Waals surface area contributed by atoms with E-state index < -0.39 is 0 Å². The molecular weight excluding hydrogens is 356 g/mol. The van der Waals surface area contributed by atoms with E-state index in [2.05, 4.69) is 53.5 Å². The summed E-state index contributed by atoms with van der Waals surface area (Å²) in [6.45, 7) is 7.31. The summed E-state index contributed by atoms with van der Waals surface area (Å²) in [6.07, 6.45) is 0. The predicted molar refractivity (Wildman–Crippen MR) is 90.9 cm³/mol. The van der Waals surface area contributed by atoms with Gasteiger partial charge in [-0.1, -0.05) is 38.4 Å². The maximum Gasteiger partial charge on any atom is 0.114 e. The second-order valence-corrected chi connectivity index (χ2v) is 7.08. The van der Waals surface area contributed by atoms with E-state index in [-0.39, 0.29) is 6.04 Å². The molecule has 0 amide bonds. The Bertz CT molecular complexity index is 583. The van der Waals surface area contributed by atoms with Crippen molar-refractivity contribution in [2.24, 2.45) is 0 Å². The molecular formula is C15H18BrClN2S.